The van der Waals surface area contributed by atoms with Gasteiger partial charge in [-0.3, -0.25) is 0 Å². The second-order valence-electron chi connectivity index (χ2n) is 6.84. The Bertz CT molecular complexity index is 1450. The molecule has 3 aromatic heterocycles. The molecule has 0 amide bonds. The van der Waals surface area contributed by atoms with Gasteiger partial charge in [-0.2, -0.15) is 0 Å². The van der Waals surface area contributed by atoms with Crippen LogP contribution in [0.15, 0.2) is 60.6 Å². The van der Waals surface area contributed by atoms with Gasteiger partial charge < -0.3 is 19.0 Å². The summed E-state index contributed by atoms with van der Waals surface area (Å²) < 4.78 is 69.6. The molecule has 0 saturated carbocycles. The number of nitrogens with zero attached hydrogens (tertiary/aromatic N) is 2. The first-order valence-corrected chi connectivity index (χ1v) is 12.1. The van der Waals surface area contributed by atoms with Gasteiger partial charge >= 0.3 is 0 Å². The van der Waals surface area contributed by atoms with Crippen LogP contribution in [0.3, 0.4) is 0 Å². The third-order valence-electron chi connectivity index (χ3n) is 4.65. The van der Waals surface area contributed by atoms with E-state index in [2.05, 4.69) is 9.97 Å². The van der Waals surface area contributed by atoms with Crippen molar-refractivity contribution in [2.24, 2.45) is 0 Å². The lowest BCUT2D eigenvalue weighted by molar-refractivity contribution is -0.655. The number of allylic oxidation sites excluding steroid dienone is 3. The number of aromatic nitrogens is 3. The highest BCUT2D eigenvalue weighted by Gasteiger charge is 2.20. The first-order valence-electron chi connectivity index (χ1n) is 8.99. The highest BCUT2D eigenvalue weighted by atomic mass is 32.2. The van der Waals surface area contributed by atoms with Crippen LogP contribution < -0.4 is 9.47 Å². The molecule has 0 aliphatic carbocycles. The van der Waals surface area contributed by atoms with Crippen molar-refractivity contribution in [1.82, 2.24) is 9.97 Å². The zero-order valence-electron chi connectivity index (χ0n) is 15.9. The van der Waals surface area contributed by atoms with Crippen molar-refractivity contribution in [3.63, 3.8) is 0 Å². The molecule has 0 radical (unpaired) electrons. The number of pyridine rings is 1. The van der Waals surface area contributed by atoms with E-state index >= 15 is 0 Å². The third-order valence-corrected chi connectivity index (χ3v) is 5.80. The van der Waals surface area contributed by atoms with Crippen LogP contribution in [0.2, 0.25) is 0 Å². The fourth-order valence-corrected chi connectivity index (χ4v) is 4.59. The van der Waals surface area contributed by atoms with Crippen LogP contribution in [0.4, 0.5) is 5.82 Å². The molecule has 12 heteroatoms. The van der Waals surface area contributed by atoms with Gasteiger partial charge in [0, 0.05) is 17.5 Å². The summed E-state index contributed by atoms with van der Waals surface area (Å²) in [5, 5.41) is 0.737. The van der Waals surface area contributed by atoms with Crippen LogP contribution in [0, 0.1) is 0 Å². The van der Waals surface area contributed by atoms with Crippen LogP contribution in [0.5, 0.6) is 0 Å². The number of H-pyrrole nitrogens is 2. The number of hydrogen-bond acceptors (Lipinski definition) is 7. The molecule has 4 heterocycles. The molecular weight excluding hydrogens is 444 g/mol. The average Bonchev–Trinajstić information content (AvgIpc) is 3.32. The van der Waals surface area contributed by atoms with Gasteiger partial charge in [0.2, 0.25) is 0 Å². The lowest BCUT2D eigenvalue weighted by Gasteiger charge is -2.28. The van der Waals surface area contributed by atoms with E-state index in [1.807, 2.05) is 0 Å². The molecule has 10 nitrogen and oxygen atoms in total. The van der Waals surface area contributed by atoms with Gasteiger partial charge in [0.25, 0.3) is 5.65 Å². The molecule has 0 spiro atoms. The summed E-state index contributed by atoms with van der Waals surface area (Å²) in [5.74, 6) is -1.04. The van der Waals surface area contributed by atoms with E-state index < -0.39 is 32.0 Å². The fraction of sp³-hybridized carbons (Fsp3) is 0.105. The standard InChI is InChI=1S/C19H18N4O6S2/c24-30(25,26)12-22-16(6-4-14-8-10-20-18(14)22)2-1-3-17-7-5-15-9-11-21-19(15)23(17)13-31(27,28)29/h1-11H,12-13H2,(H3,20,21,24,25,26,27,28,29)/p-1. The summed E-state index contributed by atoms with van der Waals surface area (Å²) in [6, 6.07) is 6.94. The Balaban J connectivity index is 1.71. The number of rotatable bonds is 6. The van der Waals surface area contributed by atoms with Gasteiger partial charge in [0.15, 0.2) is 5.88 Å². The largest absolute Gasteiger partial charge is 0.747 e. The van der Waals surface area contributed by atoms with E-state index in [-0.39, 0.29) is 0 Å². The van der Waals surface area contributed by atoms with E-state index in [9.17, 15) is 25.9 Å². The number of anilines is 1. The molecule has 31 heavy (non-hydrogen) atoms. The SMILES string of the molecule is O=S(=O)([O-])CN1/C(=C/C=C/c2ccc3cc[nH]c3[n+]2CS(=O)(=O)[O-])C=Cc2cc[nH]c21. The monoisotopic (exact) mass is 461 g/mol. The fourth-order valence-electron chi connectivity index (χ4n) is 3.40. The van der Waals surface area contributed by atoms with Crippen molar-refractivity contribution in [1.29, 1.82) is 0 Å². The van der Waals surface area contributed by atoms with Crippen LogP contribution in [-0.4, -0.2) is 41.8 Å². The van der Waals surface area contributed by atoms with Crippen LogP contribution in [-0.2, 0) is 26.1 Å². The summed E-state index contributed by atoms with van der Waals surface area (Å²) >= 11 is 0. The first kappa shape index (κ1) is 21.1. The Hall–Kier alpha value is -3.19. The predicted octanol–water partition coefficient (Wildman–Crippen LogP) is 1.22. The molecular formula is C19H17N4O6S2-. The minimum atomic E-state index is -4.55. The topological polar surface area (TPSA) is 153 Å². The van der Waals surface area contributed by atoms with Crippen LogP contribution in [0.25, 0.3) is 23.2 Å². The van der Waals surface area contributed by atoms with Crippen molar-refractivity contribution in [2.75, 3.05) is 10.8 Å². The molecule has 0 unspecified atom stereocenters. The molecule has 1 aliphatic rings. The van der Waals surface area contributed by atoms with Gasteiger partial charge in [0.1, 0.15) is 37.6 Å². The van der Waals surface area contributed by atoms with Crippen molar-refractivity contribution < 1.29 is 30.5 Å². The van der Waals surface area contributed by atoms with Crippen LogP contribution in [0.1, 0.15) is 11.3 Å². The number of hydrogen-bond donors (Lipinski definition) is 2. The molecule has 1 aliphatic heterocycles. The van der Waals surface area contributed by atoms with Crippen molar-refractivity contribution in [3.8, 4) is 0 Å². The second kappa shape index (κ2) is 7.81. The lowest BCUT2D eigenvalue weighted by atomic mass is 10.1. The minimum absolute atomic E-state index is 0.439. The summed E-state index contributed by atoms with van der Waals surface area (Å²) in [6.07, 6.45) is 11.5. The molecule has 2 N–H and O–H groups in total. The number of fused-ring (bicyclic) bond motifs is 2. The van der Waals surface area contributed by atoms with E-state index in [1.54, 1.807) is 67.0 Å². The first-order chi connectivity index (χ1) is 14.6. The second-order valence-corrected chi connectivity index (χ2v) is 9.58. The molecule has 4 rings (SSSR count). The van der Waals surface area contributed by atoms with E-state index in [0.717, 1.165) is 10.9 Å². The van der Waals surface area contributed by atoms with E-state index in [4.69, 9.17) is 0 Å². The summed E-state index contributed by atoms with van der Waals surface area (Å²) in [5.41, 5.74) is 2.09. The molecule has 162 valence electrons. The van der Waals surface area contributed by atoms with E-state index in [1.165, 1.54) is 9.47 Å². The zero-order valence-corrected chi connectivity index (χ0v) is 17.6. The van der Waals surface area contributed by atoms with Gasteiger partial charge in [-0.05, 0) is 48.6 Å². The normalized spacial score (nSPS) is 15.9. The molecule has 0 fully saturated rings. The Labute approximate surface area is 178 Å². The van der Waals surface area contributed by atoms with E-state index in [0.29, 0.717) is 22.9 Å². The maximum atomic E-state index is 11.4. The van der Waals surface area contributed by atoms with Gasteiger partial charge in [-0.1, -0.05) is 6.08 Å². The molecule has 0 bridgehead atoms. The third kappa shape index (κ3) is 4.77. The van der Waals surface area contributed by atoms with Gasteiger partial charge in [-0.25, -0.2) is 26.4 Å². The zero-order chi connectivity index (χ0) is 22.2. The van der Waals surface area contributed by atoms with Crippen molar-refractivity contribution in [3.05, 3.63) is 71.8 Å². The summed E-state index contributed by atoms with van der Waals surface area (Å²) in [4.78, 5) is 7.17. The Morgan fingerprint density at radius 1 is 0.968 bits per heavy atom. The Morgan fingerprint density at radius 3 is 2.48 bits per heavy atom. The number of aromatic amines is 2. The Kier molecular flexibility index (Phi) is 5.31. The lowest BCUT2D eigenvalue weighted by Crippen LogP contribution is -2.41. The molecule has 0 aromatic carbocycles. The van der Waals surface area contributed by atoms with Gasteiger partial charge in [-0.15, -0.1) is 0 Å². The molecule has 3 aromatic rings. The predicted molar refractivity (Wildman–Crippen MR) is 112 cm³/mol. The minimum Gasteiger partial charge on any atom is -0.747 e. The molecule has 0 saturated heterocycles. The Morgan fingerprint density at radius 2 is 1.74 bits per heavy atom. The highest BCUT2D eigenvalue weighted by molar-refractivity contribution is 7.85. The van der Waals surface area contributed by atoms with Crippen molar-refractivity contribution in [2.45, 2.75) is 5.88 Å². The van der Waals surface area contributed by atoms with Crippen molar-refractivity contribution >= 4 is 49.2 Å². The van der Waals surface area contributed by atoms with Gasteiger partial charge in [0.05, 0.1) is 11.6 Å². The molecule has 0 atom stereocenters. The summed E-state index contributed by atoms with van der Waals surface area (Å²) in [6.45, 7) is 0. The highest BCUT2D eigenvalue weighted by Crippen LogP contribution is 2.29. The maximum Gasteiger partial charge on any atom is 0.287 e. The summed E-state index contributed by atoms with van der Waals surface area (Å²) in [7, 11) is -9.10. The maximum absolute atomic E-state index is 11.4. The quantitative estimate of drug-likeness (QED) is 0.413. The number of nitrogens with one attached hydrogen (secondary N) is 2. The smallest absolute Gasteiger partial charge is 0.287 e. The average molecular weight is 462 g/mol. The van der Waals surface area contributed by atoms with Crippen LogP contribution >= 0.6 is 0 Å².